The average molecular weight is 206 g/mol. The van der Waals surface area contributed by atoms with Crippen LogP contribution in [0.5, 0.6) is 0 Å². The molecule has 1 heterocycles. The summed E-state index contributed by atoms with van der Waals surface area (Å²) in [6.45, 7) is 0. The highest BCUT2D eigenvalue weighted by Crippen LogP contribution is 2.17. The number of hydrogen-bond donors (Lipinski definition) is 2. The highest BCUT2D eigenvalue weighted by Gasteiger charge is 2.05. The second-order valence-electron chi connectivity index (χ2n) is 3.10. The van der Waals surface area contributed by atoms with Crippen LogP contribution in [-0.4, -0.2) is 16.8 Å². The number of hydrogen-bond acceptors (Lipinski definition) is 3. The lowest BCUT2D eigenvalue weighted by molar-refractivity contribution is 0.625. The van der Waals surface area contributed by atoms with Crippen LogP contribution in [0, 0.1) is 5.82 Å². The largest absolute Gasteiger partial charge is 0.384 e. The van der Waals surface area contributed by atoms with E-state index in [2.05, 4.69) is 10.4 Å². The van der Waals surface area contributed by atoms with Gasteiger partial charge >= 0.3 is 0 Å². The summed E-state index contributed by atoms with van der Waals surface area (Å²) in [7, 11) is 1.75. The molecule has 3 N–H and O–H groups in total. The fourth-order valence-electron chi connectivity index (χ4n) is 1.33. The predicted molar refractivity (Wildman–Crippen MR) is 57.5 cm³/mol. The van der Waals surface area contributed by atoms with Crippen LogP contribution < -0.4 is 11.1 Å². The summed E-state index contributed by atoms with van der Waals surface area (Å²) in [5, 5.41) is 7.02. The first kappa shape index (κ1) is 9.51. The molecule has 0 aliphatic carbocycles. The zero-order chi connectivity index (χ0) is 10.8. The Bertz CT molecular complexity index is 478. The summed E-state index contributed by atoms with van der Waals surface area (Å²) < 4.78 is 14.5. The van der Waals surface area contributed by atoms with Crippen LogP contribution in [-0.2, 0) is 0 Å². The van der Waals surface area contributed by atoms with Gasteiger partial charge < -0.3 is 11.1 Å². The quantitative estimate of drug-likeness (QED) is 0.785. The van der Waals surface area contributed by atoms with Gasteiger partial charge in [-0.25, -0.2) is 9.07 Å². The first-order valence-corrected chi connectivity index (χ1v) is 4.50. The molecule has 0 amide bonds. The molecule has 0 saturated carbocycles. The van der Waals surface area contributed by atoms with E-state index in [-0.39, 0.29) is 5.82 Å². The van der Waals surface area contributed by atoms with Gasteiger partial charge in [0.05, 0.1) is 5.69 Å². The zero-order valence-corrected chi connectivity index (χ0v) is 8.24. The van der Waals surface area contributed by atoms with E-state index in [9.17, 15) is 4.39 Å². The van der Waals surface area contributed by atoms with E-state index in [1.807, 2.05) is 0 Å². The first-order valence-electron chi connectivity index (χ1n) is 4.50. The Hall–Kier alpha value is -2.04. The van der Waals surface area contributed by atoms with Crippen LogP contribution in [0.25, 0.3) is 5.69 Å². The maximum Gasteiger partial charge on any atom is 0.150 e. The summed E-state index contributed by atoms with van der Waals surface area (Å²) in [5.41, 5.74) is 6.34. The Morgan fingerprint density at radius 1 is 1.40 bits per heavy atom. The molecule has 0 atom stereocenters. The molecule has 0 aliphatic rings. The third-order valence-corrected chi connectivity index (χ3v) is 2.05. The van der Waals surface area contributed by atoms with E-state index in [1.165, 1.54) is 16.8 Å². The molecule has 0 radical (unpaired) electrons. The van der Waals surface area contributed by atoms with Gasteiger partial charge in [0.15, 0.2) is 0 Å². The molecular formula is C10H11FN4. The van der Waals surface area contributed by atoms with Crippen molar-refractivity contribution >= 4 is 11.6 Å². The third-order valence-electron chi connectivity index (χ3n) is 2.05. The molecule has 0 aliphatic heterocycles. The van der Waals surface area contributed by atoms with Crippen molar-refractivity contribution in [1.29, 1.82) is 0 Å². The van der Waals surface area contributed by atoms with Gasteiger partial charge in [0, 0.05) is 13.1 Å². The molecule has 5 heteroatoms. The van der Waals surface area contributed by atoms with E-state index in [4.69, 9.17) is 5.73 Å². The molecule has 1 aromatic heterocycles. The summed E-state index contributed by atoms with van der Waals surface area (Å²) in [6, 6.07) is 7.80. The maximum atomic E-state index is 13.0. The van der Waals surface area contributed by atoms with Crippen molar-refractivity contribution in [3.63, 3.8) is 0 Å². The van der Waals surface area contributed by atoms with Gasteiger partial charge in [-0.2, -0.15) is 0 Å². The Morgan fingerprint density at radius 3 is 2.80 bits per heavy atom. The maximum absolute atomic E-state index is 13.0. The minimum atomic E-state index is -0.312. The molecule has 2 aromatic rings. The fraction of sp³-hybridized carbons (Fsp3) is 0.100. The number of nitrogen functional groups attached to an aromatic ring is 1. The summed E-state index contributed by atoms with van der Waals surface area (Å²) in [5.74, 6) is 0.801. The van der Waals surface area contributed by atoms with E-state index in [0.29, 0.717) is 17.3 Å². The van der Waals surface area contributed by atoms with Gasteiger partial charge in [0.25, 0.3) is 0 Å². The minimum absolute atomic E-state index is 0.312. The van der Waals surface area contributed by atoms with E-state index < -0.39 is 0 Å². The highest BCUT2D eigenvalue weighted by atomic mass is 19.1. The topological polar surface area (TPSA) is 55.9 Å². The normalized spacial score (nSPS) is 10.3. The fourth-order valence-corrected chi connectivity index (χ4v) is 1.33. The molecule has 0 fully saturated rings. The lowest BCUT2D eigenvalue weighted by atomic mass is 10.3. The van der Waals surface area contributed by atoms with Crippen molar-refractivity contribution in [3.8, 4) is 5.69 Å². The summed E-state index contributed by atoms with van der Waals surface area (Å²) in [4.78, 5) is 0. The van der Waals surface area contributed by atoms with Crippen LogP contribution in [0.15, 0.2) is 30.3 Å². The van der Waals surface area contributed by atoms with Crippen molar-refractivity contribution in [2.75, 3.05) is 18.1 Å². The molecular weight excluding hydrogens is 195 g/mol. The number of nitrogens with zero attached hydrogens (tertiary/aromatic N) is 2. The molecule has 0 spiro atoms. The molecule has 0 unspecified atom stereocenters. The number of nitrogens with one attached hydrogen (secondary N) is 1. The lowest BCUT2D eigenvalue weighted by Crippen LogP contribution is -2.02. The molecule has 0 saturated heterocycles. The van der Waals surface area contributed by atoms with E-state index in [1.54, 1.807) is 25.2 Å². The Morgan fingerprint density at radius 2 is 2.20 bits per heavy atom. The summed E-state index contributed by atoms with van der Waals surface area (Å²) in [6.07, 6.45) is 0. The second-order valence-corrected chi connectivity index (χ2v) is 3.10. The summed E-state index contributed by atoms with van der Waals surface area (Å²) >= 11 is 0. The van der Waals surface area contributed by atoms with Gasteiger partial charge in [-0.1, -0.05) is 6.07 Å². The van der Waals surface area contributed by atoms with Crippen LogP contribution in [0.2, 0.25) is 0 Å². The van der Waals surface area contributed by atoms with Crippen LogP contribution in [0.3, 0.4) is 0 Å². The second kappa shape index (κ2) is 3.61. The van der Waals surface area contributed by atoms with Crippen LogP contribution in [0.1, 0.15) is 0 Å². The van der Waals surface area contributed by atoms with E-state index in [0.717, 1.165) is 0 Å². The highest BCUT2D eigenvalue weighted by molar-refractivity contribution is 5.50. The van der Waals surface area contributed by atoms with Crippen molar-refractivity contribution in [2.45, 2.75) is 0 Å². The van der Waals surface area contributed by atoms with Crippen molar-refractivity contribution < 1.29 is 4.39 Å². The van der Waals surface area contributed by atoms with Gasteiger partial charge in [-0.3, -0.25) is 0 Å². The Labute approximate surface area is 86.5 Å². The molecule has 2 rings (SSSR count). The predicted octanol–water partition coefficient (Wildman–Crippen LogP) is 1.64. The number of benzene rings is 1. The van der Waals surface area contributed by atoms with Gasteiger partial charge in [0.2, 0.25) is 0 Å². The monoisotopic (exact) mass is 206 g/mol. The molecule has 15 heavy (non-hydrogen) atoms. The van der Waals surface area contributed by atoms with Crippen molar-refractivity contribution in [1.82, 2.24) is 9.78 Å². The molecule has 1 aromatic carbocycles. The van der Waals surface area contributed by atoms with Crippen LogP contribution in [0.4, 0.5) is 16.0 Å². The number of nitrogens with two attached hydrogens (primary N) is 1. The standard InChI is InChI=1S/C10H11FN4/c1-13-10-6-9(12)15(14-10)8-4-2-3-7(11)5-8/h2-6H,12H2,1H3,(H,13,14). The van der Waals surface area contributed by atoms with E-state index >= 15 is 0 Å². The lowest BCUT2D eigenvalue weighted by Gasteiger charge is -2.02. The zero-order valence-electron chi connectivity index (χ0n) is 8.24. The third kappa shape index (κ3) is 1.76. The van der Waals surface area contributed by atoms with Gasteiger partial charge in [0.1, 0.15) is 17.5 Å². The first-order chi connectivity index (χ1) is 7.20. The van der Waals surface area contributed by atoms with Crippen molar-refractivity contribution in [3.05, 3.63) is 36.1 Å². The SMILES string of the molecule is CNc1cc(N)n(-c2cccc(F)c2)n1. The Kier molecular flexibility index (Phi) is 2.29. The average Bonchev–Trinajstić information content (AvgIpc) is 2.60. The number of halogens is 1. The molecule has 0 bridgehead atoms. The number of rotatable bonds is 2. The van der Waals surface area contributed by atoms with Gasteiger partial charge in [-0.15, -0.1) is 5.10 Å². The molecule has 4 nitrogen and oxygen atoms in total. The number of anilines is 2. The van der Waals surface area contributed by atoms with Crippen LogP contribution >= 0.6 is 0 Å². The minimum Gasteiger partial charge on any atom is -0.384 e. The van der Waals surface area contributed by atoms with Crippen molar-refractivity contribution in [2.24, 2.45) is 0 Å². The van der Waals surface area contributed by atoms with Gasteiger partial charge in [-0.05, 0) is 18.2 Å². The number of aromatic nitrogens is 2. The smallest absolute Gasteiger partial charge is 0.150 e. The molecule has 78 valence electrons. The Balaban J connectivity index is 2.48.